The number of hydrogen-bond acceptors (Lipinski definition) is 5. The van der Waals surface area contributed by atoms with Gasteiger partial charge in [0, 0.05) is 27.3 Å². The average Bonchev–Trinajstić information content (AvgIpc) is 2.33. The molecule has 0 aliphatic rings. The Kier molecular flexibility index (Phi) is 2.22. The first-order valence-electron chi connectivity index (χ1n) is 4.66. The summed E-state index contributed by atoms with van der Waals surface area (Å²) >= 11 is 0. The molecule has 2 rings (SSSR count). The van der Waals surface area contributed by atoms with E-state index in [1.807, 2.05) is 0 Å². The summed E-state index contributed by atoms with van der Waals surface area (Å²) in [5.41, 5.74) is -0.466. The highest BCUT2D eigenvalue weighted by molar-refractivity contribution is 5.73. The second-order valence-electron chi connectivity index (χ2n) is 3.39. The van der Waals surface area contributed by atoms with Crippen LogP contribution in [0, 0.1) is 0 Å². The van der Waals surface area contributed by atoms with Crippen molar-refractivity contribution in [3.05, 3.63) is 27.0 Å². The largest absolute Gasteiger partial charge is 0.357 e. The van der Waals surface area contributed by atoms with Gasteiger partial charge in [0.25, 0.3) is 5.56 Å². The molecular weight excluding hydrogens is 210 g/mol. The van der Waals surface area contributed by atoms with Gasteiger partial charge in [0.15, 0.2) is 5.65 Å². The lowest BCUT2D eigenvalue weighted by Crippen LogP contribution is -2.37. The number of fused-ring (bicyclic) bond motifs is 1. The number of hydrogen-bond donors (Lipinski definition) is 1. The Labute approximate surface area is 90.4 Å². The van der Waals surface area contributed by atoms with Crippen LogP contribution in [0.4, 0.5) is 5.95 Å². The van der Waals surface area contributed by atoms with E-state index in [-0.39, 0.29) is 5.56 Å². The first kappa shape index (κ1) is 10.3. The predicted molar refractivity (Wildman–Crippen MR) is 59.6 cm³/mol. The Morgan fingerprint density at radius 3 is 2.56 bits per heavy atom. The van der Waals surface area contributed by atoms with Gasteiger partial charge in [0.2, 0.25) is 5.95 Å². The maximum atomic E-state index is 11.8. The van der Waals surface area contributed by atoms with Gasteiger partial charge < -0.3 is 5.32 Å². The van der Waals surface area contributed by atoms with Crippen molar-refractivity contribution < 1.29 is 0 Å². The van der Waals surface area contributed by atoms with Crippen molar-refractivity contribution in [2.24, 2.45) is 14.1 Å². The molecular formula is C9H11N5O2. The fourth-order valence-corrected chi connectivity index (χ4v) is 1.48. The second-order valence-corrected chi connectivity index (χ2v) is 3.39. The van der Waals surface area contributed by atoms with Gasteiger partial charge in [-0.1, -0.05) is 0 Å². The van der Waals surface area contributed by atoms with Crippen LogP contribution in [0.1, 0.15) is 0 Å². The summed E-state index contributed by atoms with van der Waals surface area (Å²) < 4.78 is 2.35. The summed E-state index contributed by atoms with van der Waals surface area (Å²) in [6.07, 6.45) is 1.41. The van der Waals surface area contributed by atoms with Gasteiger partial charge in [-0.3, -0.25) is 13.9 Å². The minimum absolute atomic E-state index is 0.323. The van der Waals surface area contributed by atoms with Gasteiger partial charge in [-0.05, 0) is 0 Å². The number of aromatic nitrogens is 4. The van der Waals surface area contributed by atoms with E-state index in [9.17, 15) is 9.59 Å². The lowest BCUT2D eigenvalue weighted by atomic mass is 10.4. The Morgan fingerprint density at radius 2 is 1.94 bits per heavy atom. The number of aryl methyl sites for hydroxylation is 1. The van der Waals surface area contributed by atoms with Crippen LogP contribution in [0.25, 0.3) is 11.0 Å². The molecule has 2 aromatic heterocycles. The minimum atomic E-state index is -0.404. The molecule has 2 aromatic rings. The molecule has 0 saturated carbocycles. The molecule has 1 N–H and O–H groups in total. The van der Waals surface area contributed by atoms with E-state index in [0.29, 0.717) is 17.0 Å². The third-order valence-corrected chi connectivity index (χ3v) is 2.42. The molecule has 0 atom stereocenters. The molecule has 0 saturated heterocycles. The molecule has 0 fully saturated rings. The van der Waals surface area contributed by atoms with Gasteiger partial charge in [-0.15, -0.1) is 0 Å². The quantitative estimate of drug-likeness (QED) is 0.672. The van der Waals surface area contributed by atoms with Crippen molar-refractivity contribution in [3.8, 4) is 0 Å². The standard InChI is InChI=1S/C9H11N5O2/c1-10-8-11-4-5-6(12-8)13(2)9(16)14(3)7(5)15/h4H,1-3H3,(H,10,11,12). The Morgan fingerprint density at radius 1 is 1.25 bits per heavy atom. The summed E-state index contributed by atoms with van der Waals surface area (Å²) in [5, 5.41) is 3.08. The number of nitrogens with zero attached hydrogens (tertiary/aromatic N) is 4. The molecule has 84 valence electrons. The molecule has 16 heavy (non-hydrogen) atoms. The molecule has 0 aliphatic heterocycles. The van der Waals surface area contributed by atoms with Crippen LogP contribution < -0.4 is 16.6 Å². The first-order valence-corrected chi connectivity index (χ1v) is 4.66. The van der Waals surface area contributed by atoms with Gasteiger partial charge >= 0.3 is 5.69 Å². The number of nitrogens with one attached hydrogen (secondary N) is 1. The van der Waals surface area contributed by atoms with E-state index >= 15 is 0 Å². The van der Waals surface area contributed by atoms with Crippen LogP contribution in [0.15, 0.2) is 15.8 Å². The van der Waals surface area contributed by atoms with Crippen LogP contribution in [-0.4, -0.2) is 26.1 Å². The SMILES string of the molecule is CNc1ncc2c(=O)n(C)c(=O)n(C)c2n1. The van der Waals surface area contributed by atoms with Gasteiger partial charge in [0.05, 0.1) is 0 Å². The molecule has 0 aliphatic carbocycles. The average molecular weight is 221 g/mol. The molecule has 0 radical (unpaired) electrons. The zero-order valence-electron chi connectivity index (χ0n) is 9.18. The maximum Gasteiger partial charge on any atom is 0.332 e. The van der Waals surface area contributed by atoms with Crippen molar-refractivity contribution in [2.45, 2.75) is 0 Å². The molecule has 7 nitrogen and oxygen atoms in total. The van der Waals surface area contributed by atoms with Crippen LogP contribution in [0.5, 0.6) is 0 Å². The lowest BCUT2D eigenvalue weighted by Gasteiger charge is -2.06. The highest BCUT2D eigenvalue weighted by Crippen LogP contribution is 2.05. The minimum Gasteiger partial charge on any atom is -0.357 e. The van der Waals surface area contributed by atoms with Crippen LogP contribution in [0.3, 0.4) is 0 Å². The van der Waals surface area contributed by atoms with Crippen LogP contribution >= 0.6 is 0 Å². The molecule has 7 heteroatoms. The number of anilines is 1. The summed E-state index contributed by atoms with van der Waals surface area (Å²) in [4.78, 5) is 31.4. The third kappa shape index (κ3) is 1.28. The normalized spacial score (nSPS) is 10.7. The molecule has 2 heterocycles. The fraction of sp³-hybridized carbons (Fsp3) is 0.333. The molecule has 0 amide bonds. The summed E-state index contributed by atoms with van der Waals surface area (Å²) in [6.45, 7) is 0. The maximum absolute atomic E-state index is 11.8. The zero-order valence-corrected chi connectivity index (χ0v) is 9.18. The van der Waals surface area contributed by atoms with Gasteiger partial charge in [-0.2, -0.15) is 4.98 Å². The summed E-state index contributed by atoms with van der Waals surface area (Å²) in [7, 11) is 4.66. The van der Waals surface area contributed by atoms with E-state index < -0.39 is 5.69 Å². The van der Waals surface area contributed by atoms with Gasteiger partial charge in [-0.25, -0.2) is 9.78 Å². The summed E-state index contributed by atoms with van der Waals surface area (Å²) in [6, 6.07) is 0. The number of rotatable bonds is 1. The summed E-state index contributed by atoms with van der Waals surface area (Å²) in [5.74, 6) is 0.371. The van der Waals surface area contributed by atoms with Gasteiger partial charge in [0.1, 0.15) is 5.39 Å². The molecule has 0 spiro atoms. The van der Waals surface area contributed by atoms with Crippen molar-refractivity contribution in [2.75, 3.05) is 12.4 Å². The first-order chi connectivity index (χ1) is 7.56. The van der Waals surface area contributed by atoms with Crippen molar-refractivity contribution in [3.63, 3.8) is 0 Å². The zero-order chi connectivity index (χ0) is 11.9. The Bertz CT molecular complexity index is 670. The monoisotopic (exact) mass is 221 g/mol. The third-order valence-electron chi connectivity index (χ3n) is 2.42. The highest BCUT2D eigenvalue weighted by atomic mass is 16.2. The smallest absolute Gasteiger partial charge is 0.332 e. The van der Waals surface area contributed by atoms with E-state index in [1.54, 1.807) is 14.1 Å². The van der Waals surface area contributed by atoms with Crippen molar-refractivity contribution in [1.29, 1.82) is 0 Å². The Hall–Kier alpha value is -2.18. The van der Waals surface area contributed by atoms with Crippen molar-refractivity contribution in [1.82, 2.24) is 19.1 Å². The molecule has 0 bridgehead atoms. The van der Waals surface area contributed by atoms with Crippen LogP contribution in [-0.2, 0) is 14.1 Å². The van der Waals surface area contributed by atoms with E-state index in [2.05, 4.69) is 15.3 Å². The highest BCUT2D eigenvalue weighted by Gasteiger charge is 2.10. The molecule has 0 unspecified atom stereocenters. The van der Waals surface area contributed by atoms with E-state index in [4.69, 9.17) is 0 Å². The molecule has 0 aromatic carbocycles. The predicted octanol–water partition coefficient (Wildman–Crippen LogP) is -0.931. The van der Waals surface area contributed by atoms with Crippen LogP contribution in [0.2, 0.25) is 0 Å². The fourth-order valence-electron chi connectivity index (χ4n) is 1.48. The van der Waals surface area contributed by atoms with E-state index in [0.717, 1.165) is 4.57 Å². The van der Waals surface area contributed by atoms with Crippen molar-refractivity contribution >= 4 is 17.0 Å². The lowest BCUT2D eigenvalue weighted by molar-refractivity contribution is 0.706. The topological polar surface area (TPSA) is 81.8 Å². The van der Waals surface area contributed by atoms with E-state index in [1.165, 1.54) is 17.8 Å². The Balaban J connectivity index is 3.03. The second kappa shape index (κ2) is 3.44.